The molecule has 0 fully saturated rings. The van der Waals surface area contributed by atoms with Gasteiger partial charge in [-0.15, -0.1) is 0 Å². The van der Waals surface area contributed by atoms with Crippen LogP contribution in [0.3, 0.4) is 0 Å². The highest BCUT2D eigenvalue weighted by Gasteiger charge is 2.29. The van der Waals surface area contributed by atoms with Crippen LogP contribution in [-0.2, 0) is 11.2 Å². The van der Waals surface area contributed by atoms with E-state index < -0.39 is 11.6 Å². The number of nitrogens with zero attached hydrogens (tertiary/aromatic N) is 2. The van der Waals surface area contributed by atoms with E-state index >= 15 is 0 Å². The molecular weight excluding hydrogens is 222 g/mol. The van der Waals surface area contributed by atoms with E-state index in [2.05, 4.69) is 15.3 Å². The summed E-state index contributed by atoms with van der Waals surface area (Å²) in [6.45, 7) is 4.90. The SMILES string of the molecule is CCc1nc(C)cc(NCC(C)(O)C(=O)O)n1. The zero-order valence-corrected chi connectivity index (χ0v) is 10.2. The first-order valence-electron chi connectivity index (χ1n) is 5.39. The largest absolute Gasteiger partial charge is 0.479 e. The van der Waals surface area contributed by atoms with Gasteiger partial charge in [-0.1, -0.05) is 6.92 Å². The number of carbonyl (C=O) groups is 1. The number of rotatable bonds is 5. The second-order valence-corrected chi connectivity index (χ2v) is 4.10. The van der Waals surface area contributed by atoms with Crippen LogP contribution in [0.15, 0.2) is 6.07 Å². The lowest BCUT2D eigenvalue weighted by molar-refractivity contribution is -0.155. The van der Waals surface area contributed by atoms with Crippen LogP contribution in [0.1, 0.15) is 25.4 Å². The van der Waals surface area contributed by atoms with E-state index in [1.54, 1.807) is 6.07 Å². The van der Waals surface area contributed by atoms with Crippen molar-refractivity contribution in [2.45, 2.75) is 32.8 Å². The average Bonchev–Trinajstić information content (AvgIpc) is 2.25. The number of aliphatic hydroxyl groups is 1. The van der Waals surface area contributed by atoms with Crippen molar-refractivity contribution < 1.29 is 15.0 Å². The minimum absolute atomic E-state index is 0.109. The summed E-state index contributed by atoms with van der Waals surface area (Å²) in [6.07, 6.45) is 0.700. The molecule has 1 heterocycles. The third-order valence-electron chi connectivity index (χ3n) is 2.29. The molecule has 1 aromatic heterocycles. The number of hydrogen-bond donors (Lipinski definition) is 3. The monoisotopic (exact) mass is 239 g/mol. The molecule has 1 unspecified atom stereocenters. The molecule has 0 amide bonds. The quantitative estimate of drug-likeness (QED) is 0.696. The van der Waals surface area contributed by atoms with Crippen molar-refractivity contribution in [2.24, 2.45) is 0 Å². The molecule has 94 valence electrons. The van der Waals surface area contributed by atoms with Crippen LogP contribution in [0.4, 0.5) is 5.82 Å². The van der Waals surface area contributed by atoms with Gasteiger partial charge in [0.1, 0.15) is 11.6 Å². The van der Waals surface area contributed by atoms with E-state index in [1.165, 1.54) is 6.92 Å². The van der Waals surface area contributed by atoms with Crippen LogP contribution in [-0.4, -0.2) is 38.3 Å². The van der Waals surface area contributed by atoms with Crippen molar-refractivity contribution >= 4 is 11.8 Å². The predicted molar refractivity (Wildman–Crippen MR) is 62.9 cm³/mol. The molecule has 6 heteroatoms. The Bertz CT molecular complexity index is 418. The number of carboxylic acids is 1. The first kappa shape index (κ1) is 13.4. The summed E-state index contributed by atoms with van der Waals surface area (Å²) in [5.74, 6) is -0.0650. The van der Waals surface area contributed by atoms with Crippen LogP contribution in [0.2, 0.25) is 0 Å². The van der Waals surface area contributed by atoms with Gasteiger partial charge in [0.05, 0.1) is 6.54 Å². The topological polar surface area (TPSA) is 95.3 Å². The van der Waals surface area contributed by atoms with Crippen molar-refractivity contribution in [1.82, 2.24) is 9.97 Å². The Hall–Kier alpha value is -1.69. The summed E-state index contributed by atoms with van der Waals surface area (Å²) >= 11 is 0. The number of hydrogen-bond acceptors (Lipinski definition) is 5. The van der Waals surface area contributed by atoms with Gasteiger partial charge in [0, 0.05) is 18.2 Å². The van der Waals surface area contributed by atoms with Gasteiger partial charge in [-0.2, -0.15) is 0 Å². The summed E-state index contributed by atoms with van der Waals surface area (Å²) in [7, 11) is 0. The molecular formula is C11H17N3O3. The molecule has 0 aliphatic heterocycles. The zero-order valence-electron chi connectivity index (χ0n) is 10.2. The standard InChI is InChI=1S/C11H17N3O3/c1-4-8-13-7(2)5-9(14-8)12-6-11(3,17)10(15)16/h5,17H,4,6H2,1-3H3,(H,15,16)(H,12,13,14). The van der Waals surface area contributed by atoms with Crippen LogP contribution in [0, 0.1) is 6.92 Å². The highest BCUT2D eigenvalue weighted by Crippen LogP contribution is 2.09. The summed E-state index contributed by atoms with van der Waals surface area (Å²) in [5, 5.41) is 21.1. The van der Waals surface area contributed by atoms with Crippen LogP contribution in [0.25, 0.3) is 0 Å². The Morgan fingerprint density at radius 1 is 1.53 bits per heavy atom. The lowest BCUT2D eigenvalue weighted by atomic mass is 10.1. The number of aliphatic carboxylic acids is 1. The van der Waals surface area contributed by atoms with Crippen molar-refractivity contribution in [3.63, 3.8) is 0 Å². The number of nitrogens with one attached hydrogen (secondary N) is 1. The molecule has 0 saturated carbocycles. The maximum absolute atomic E-state index is 10.7. The van der Waals surface area contributed by atoms with Crippen LogP contribution >= 0.6 is 0 Å². The molecule has 0 bridgehead atoms. The van der Waals surface area contributed by atoms with Gasteiger partial charge in [-0.05, 0) is 13.8 Å². The van der Waals surface area contributed by atoms with Gasteiger partial charge in [0.25, 0.3) is 0 Å². The van der Waals surface area contributed by atoms with E-state index in [4.69, 9.17) is 5.11 Å². The molecule has 1 rings (SSSR count). The maximum atomic E-state index is 10.7. The fraction of sp³-hybridized carbons (Fsp3) is 0.545. The third-order valence-corrected chi connectivity index (χ3v) is 2.29. The first-order valence-corrected chi connectivity index (χ1v) is 5.39. The normalized spacial score (nSPS) is 14.1. The van der Waals surface area contributed by atoms with Crippen LogP contribution < -0.4 is 5.32 Å². The molecule has 6 nitrogen and oxygen atoms in total. The second-order valence-electron chi connectivity index (χ2n) is 4.10. The van der Waals surface area contributed by atoms with E-state index in [0.717, 1.165) is 5.69 Å². The van der Waals surface area contributed by atoms with Gasteiger partial charge in [-0.25, -0.2) is 14.8 Å². The van der Waals surface area contributed by atoms with Gasteiger partial charge >= 0.3 is 5.97 Å². The number of anilines is 1. The highest BCUT2D eigenvalue weighted by molar-refractivity contribution is 5.77. The van der Waals surface area contributed by atoms with Crippen molar-refractivity contribution in [3.05, 3.63) is 17.6 Å². The van der Waals surface area contributed by atoms with Gasteiger partial charge < -0.3 is 15.5 Å². The fourth-order valence-corrected chi connectivity index (χ4v) is 1.22. The molecule has 3 N–H and O–H groups in total. The van der Waals surface area contributed by atoms with Gasteiger partial charge in [0.2, 0.25) is 0 Å². The Labute approximate surface area is 99.7 Å². The molecule has 17 heavy (non-hydrogen) atoms. The zero-order chi connectivity index (χ0) is 13.1. The van der Waals surface area contributed by atoms with E-state index in [9.17, 15) is 9.90 Å². The van der Waals surface area contributed by atoms with Crippen molar-refractivity contribution in [1.29, 1.82) is 0 Å². The fourth-order valence-electron chi connectivity index (χ4n) is 1.22. The Morgan fingerprint density at radius 3 is 2.71 bits per heavy atom. The molecule has 0 aromatic carbocycles. The van der Waals surface area contributed by atoms with E-state index in [0.29, 0.717) is 18.1 Å². The van der Waals surface area contributed by atoms with Gasteiger partial charge in [-0.3, -0.25) is 0 Å². The predicted octanol–water partition coefficient (Wildman–Crippen LogP) is 0.595. The Morgan fingerprint density at radius 2 is 2.18 bits per heavy atom. The minimum atomic E-state index is -1.81. The summed E-state index contributed by atoms with van der Waals surface area (Å²) in [6, 6.07) is 1.71. The second kappa shape index (κ2) is 5.09. The lowest BCUT2D eigenvalue weighted by Gasteiger charge is -2.18. The average molecular weight is 239 g/mol. The summed E-state index contributed by atoms with van der Waals surface area (Å²) < 4.78 is 0. The van der Waals surface area contributed by atoms with Crippen molar-refractivity contribution in [2.75, 3.05) is 11.9 Å². The van der Waals surface area contributed by atoms with Gasteiger partial charge in [0.15, 0.2) is 5.60 Å². The van der Waals surface area contributed by atoms with E-state index in [-0.39, 0.29) is 6.54 Å². The molecule has 1 aromatic rings. The summed E-state index contributed by atoms with van der Waals surface area (Å²) in [4.78, 5) is 19.1. The molecule has 0 aliphatic rings. The Balaban J connectivity index is 2.76. The molecule has 0 radical (unpaired) electrons. The molecule has 1 atom stereocenters. The third kappa shape index (κ3) is 3.67. The maximum Gasteiger partial charge on any atom is 0.337 e. The molecule has 0 saturated heterocycles. The lowest BCUT2D eigenvalue weighted by Crippen LogP contribution is -2.42. The number of carboxylic acid groups (broad SMARTS) is 1. The highest BCUT2D eigenvalue weighted by atomic mass is 16.4. The van der Waals surface area contributed by atoms with Crippen LogP contribution in [0.5, 0.6) is 0 Å². The van der Waals surface area contributed by atoms with Crippen molar-refractivity contribution in [3.8, 4) is 0 Å². The molecule has 0 spiro atoms. The first-order chi connectivity index (χ1) is 7.85. The van der Waals surface area contributed by atoms with E-state index in [1.807, 2.05) is 13.8 Å². The summed E-state index contributed by atoms with van der Waals surface area (Å²) in [5.41, 5.74) is -1.01. The number of aromatic nitrogens is 2. The molecule has 0 aliphatic carbocycles. The Kier molecular flexibility index (Phi) is 4.01. The minimum Gasteiger partial charge on any atom is -0.479 e. The smallest absolute Gasteiger partial charge is 0.337 e. The number of aryl methyl sites for hydroxylation is 2.